The Bertz CT molecular complexity index is 566. The first-order valence-electron chi connectivity index (χ1n) is 5.59. The molecule has 3 nitrogen and oxygen atoms in total. The Labute approximate surface area is 109 Å². The van der Waals surface area contributed by atoms with E-state index in [1.165, 1.54) is 23.5 Å². The molecule has 5 heteroatoms. The maximum absolute atomic E-state index is 13.4. The average molecular weight is 264 g/mol. The van der Waals surface area contributed by atoms with E-state index >= 15 is 0 Å². The maximum atomic E-state index is 13.4. The van der Waals surface area contributed by atoms with E-state index in [4.69, 9.17) is 0 Å². The number of thiazole rings is 1. The summed E-state index contributed by atoms with van der Waals surface area (Å²) in [4.78, 5) is 16.1. The van der Waals surface area contributed by atoms with Gasteiger partial charge in [-0.3, -0.25) is 10.1 Å². The molecule has 0 aliphatic carbocycles. The molecule has 0 bridgehead atoms. The summed E-state index contributed by atoms with van der Waals surface area (Å²) in [6.07, 6.45) is 0. The topological polar surface area (TPSA) is 42.0 Å². The highest BCUT2D eigenvalue weighted by molar-refractivity contribution is 7.14. The van der Waals surface area contributed by atoms with Crippen LogP contribution in [0.25, 0.3) is 0 Å². The second-order valence-corrected chi connectivity index (χ2v) is 5.02. The molecule has 1 aromatic heterocycles. The van der Waals surface area contributed by atoms with Crippen molar-refractivity contribution in [3.8, 4) is 0 Å². The molecule has 0 saturated heterocycles. The molecule has 1 amide bonds. The van der Waals surface area contributed by atoms with Crippen LogP contribution < -0.4 is 5.32 Å². The molecular formula is C13H13FN2OS. The number of benzene rings is 1. The highest BCUT2D eigenvalue weighted by Gasteiger charge is 2.13. The largest absolute Gasteiger partial charge is 0.298 e. The van der Waals surface area contributed by atoms with Crippen molar-refractivity contribution in [2.45, 2.75) is 19.8 Å². The minimum absolute atomic E-state index is 0.0267. The van der Waals surface area contributed by atoms with Crippen LogP contribution in [0.5, 0.6) is 0 Å². The number of amides is 1. The van der Waals surface area contributed by atoms with Crippen LogP contribution >= 0.6 is 11.3 Å². The summed E-state index contributed by atoms with van der Waals surface area (Å²) < 4.78 is 13.4. The second-order valence-electron chi connectivity index (χ2n) is 4.17. The molecular weight excluding hydrogens is 251 g/mol. The molecule has 0 radical (unpaired) electrons. The van der Waals surface area contributed by atoms with Gasteiger partial charge in [-0.15, -0.1) is 11.3 Å². The molecule has 2 rings (SSSR count). The summed E-state index contributed by atoms with van der Waals surface area (Å²) in [6.45, 7) is 4.05. The number of carbonyl (C=O) groups is 1. The zero-order chi connectivity index (χ0) is 13.1. The van der Waals surface area contributed by atoms with Gasteiger partial charge in [0.1, 0.15) is 5.82 Å². The number of anilines is 1. The molecule has 1 N–H and O–H groups in total. The number of hydrogen-bond acceptors (Lipinski definition) is 3. The lowest BCUT2D eigenvalue weighted by atomic mass is 10.2. The van der Waals surface area contributed by atoms with Gasteiger partial charge < -0.3 is 0 Å². The van der Waals surface area contributed by atoms with Crippen LogP contribution in [-0.2, 0) is 0 Å². The summed E-state index contributed by atoms with van der Waals surface area (Å²) in [7, 11) is 0. The number of halogens is 1. The lowest BCUT2D eigenvalue weighted by Crippen LogP contribution is -2.13. The SMILES string of the molecule is CC(C)c1csc(NC(=O)c2ccccc2F)n1. The minimum atomic E-state index is -0.532. The summed E-state index contributed by atoms with van der Waals surface area (Å²) >= 11 is 1.34. The molecule has 18 heavy (non-hydrogen) atoms. The van der Waals surface area contributed by atoms with Crippen molar-refractivity contribution in [1.29, 1.82) is 0 Å². The van der Waals surface area contributed by atoms with Gasteiger partial charge in [0.25, 0.3) is 5.91 Å². The van der Waals surface area contributed by atoms with E-state index < -0.39 is 11.7 Å². The molecule has 94 valence electrons. The summed E-state index contributed by atoms with van der Waals surface area (Å²) in [5, 5.41) is 4.99. The Kier molecular flexibility index (Phi) is 3.72. The number of aromatic nitrogens is 1. The Morgan fingerprint density at radius 1 is 1.39 bits per heavy atom. The number of rotatable bonds is 3. The second kappa shape index (κ2) is 5.27. The average Bonchev–Trinajstić information content (AvgIpc) is 2.78. The smallest absolute Gasteiger partial charge is 0.260 e. The molecule has 2 aromatic rings. The third-order valence-electron chi connectivity index (χ3n) is 2.45. The summed E-state index contributed by atoms with van der Waals surface area (Å²) in [5.74, 6) is -0.700. The molecule has 0 spiro atoms. The van der Waals surface area contributed by atoms with Gasteiger partial charge in [0, 0.05) is 5.38 Å². The van der Waals surface area contributed by atoms with Gasteiger partial charge in [-0.25, -0.2) is 9.37 Å². The van der Waals surface area contributed by atoms with E-state index in [1.54, 1.807) is 12.1 Å². The first-order chi connectivity index (χ1) is 8.58. The van der Waals surface area contributed by atoms with Crippen LogP contribution in [0.4, 0.5) is 9.52 Å². The molecule has 0 saturated carbocycles. The van der Waals surface area contributed by atoms with Gasteiger partial charge >= 0.3 is 0 Å². The van der Waals surface area contributed by atoms with Gasteiger partial charge in [0.05, 0.1) is 11.3 Å². The molecule has 0 atom stereocenters. The Morgan fingerprint density at radius 2 is 2.11 bits per heavy atom. The highest BCUT2D eigenvalue weighted by atomic mass is 32.1. The fourth-order valence-corrected chi connectivity index (χ4v) is 2.29. The zero-order valence-electron chi connectivity index (χ0n) is 10.1. The first kappa shape index (κ1) is 12.7. The van der Waals surface area contributed by atoms with Crippen LogP contribution in [0.3, 0.4) is 0 Å². The standard InChI is InChI=1S/C13H13FN2OS/c1-8(2)11-7-18-13(15-11)16-12(17)9-5-3-4-6-10(9)14/h3-8H,1-2H3,(H,15,16,17). The van der Waals surface area contributed by atoms with Crippen LogP contribution in [0.15, 0.2) is 29.6 Å². The lowest BCUT2D eigenvalue weighted by Gasteiger charge is -2.02. The molecule has 0 fully saturated rings. The van der Waals surface area contributed by atoms with E-state index in [-0.39, 0.29) is 5.56 Å². The van der Waals surface area contributed by atoms with E-state index in [0.29, 0.717) is 11.0 Å². The Balaban J connectivity index is 2.14. The number of carbonyl (C=O) groups excluding carboxylic acids is 1. The van der Waals surface area contributed by atoms with Gasteiger partial charge in [0.15, 0.2) is 5.13 Å². The van der Waals surface area contributed by atoms with Gasteiger partial charge in [-0.2, -0.15) is 0 Å². The van der Waals surface area contributed by atoms with E-state index in [1.807, 2.05) is 19.2 Å². The van der Waals surface area contributed by atoms with E-state index in [2.05, 4.69) is 10.3 Å². The maximum Gasteiger partial charge on any atom is 0.260 e. The van der Waals surface area contributed by atoms with Gasteiger partial charge in [-0.05, 0) is 18.1 Å². The molecule has 0 unspecified atom stereocenters. The zero-order valence-corrected chi connectivity index (χ0v) is 10.9. The number of nitrogens with zero attached hydrogens (tertiary/aromatic N) is 1. The first-order valence-corrected chi connectivity index (χ1v) is 6.47. The van der Waals surface area contributed by atoms with Crippen molar-refractivity contribution in [2.75, 3.05) is 5.32 Å². The summed E-state index contributed by atoms with van der Waals surface area (Å²) in [6, 6.07) is 5.88. The quantitative estimate of drug-likeness (QED) is 0.919. The fraction of sp³-hybridized carbons (Fsp3) is 0.231. The van der Waals surface area contributed by atoms with E-state index in [9.17, 15) is 9.18 Å². The predicted octanol–water partition coefficient (Wildman–Crippen LogP) is 3.66. The number of hydrogen-bond donors (Lipinski definition) is 1. The Morgan fingerprint density at radius 3 is 2.72 bits per heavy atom. The Hall–Kier alpha value is -1.75. The molecule has 1 heterocycles. The molecule has 0 aliphatic rings. The van der Waals surface area contributed by atoms with Gasteiger partial charge in [-0.1, -0.05) is 26.0 Å². The van der Waals surface area contributed by atoms with Crippen LogP contribution in [0.1, 0.15) is 35.8 Å². The fourth-order valence-electron chi connectivity index (χ4n) is 1.42. The van der Waals surface area contributed by atoms with Crippen molar-refractivity contribution in [3.63, 3.8) is 0 Å². The highest BCUT2D eigenvalue weighted by Crippen LogP contribution is 2.22. The monoisotopic (exact) mass is 264 g/mol. The molecule has 1 aromatic carbocycles. The van der Waals surface area contributed by atoms with Crippen LogP contribution in [-0.4, -0.2) is 10.9 Å². The molecule has 0 aliphatic heterocycles. The van der Waals surface area contributed by atoms with Crippen LogP contribution in [0, 0.1) is 5.82 Å². The van der Waals surface area contributed by atoms with Crippen molar-refractivity contribution < 1.29 is 9.18 Å². The van der Waals surface area contributed by atoms with E-state index in [0.717, 1.165) is 5.69 Å². The minimum Gasteiger partial charge on any atom is -0.298 e. The number of nitrogens with one attached hydrogen (secondary N) is 1. The van der Waals surface area contributed by atoms with Crippen molar-refractivity contribution in [1.82, 2.24) is 4.98 Å². The normalized spacial score (nSPS) is 10.7. The van der Waals surface area contributed by atoms with Gasteiger partial charge in [0.2, 0.25) is 0 Å². The third kappa shape index (κ3) is 2.73. The summed E-state index contributed by atoms with van der Waals surface area (Å²) in [5.41, 5.74) is 0.947. The van der Waals surface area contributed by atoms with Crippen molar-refractivity contribution in [3.05, 3.63) is 46.7 Å². The van der Waals surface area contributed by atoms with Crippen LogP contribution in [0.2, 0.25) is 0 Å². The van der Waals surface area contributed by atoms with Crippen molar-refractivity contribution in [2.24, 2.45) is 0 Å². The predicted molar refractivity (Wildman–Crippen MR) is 70.6 cm³/mol. The lowest BCUT2D eigenvalue weighted by molar-refractivity contribution is 0.102. The third-order valence-corrected chi connectivity index (χ3v) is 3.23. The van der Waals surface area contributed by atoms with Crippen molar-refractivity contribution >= 4 is 22.4 Å².